The molecule has 260 valence electrons. The van der Waals surface area contributed by atoms with Gasteiger partial charge in [0.1, 0.15) is 33.7 Å². The molecule has 0 saturated heterocycles. The Morgan fingerprint density at radius 3 is 2.02 bits per heavy atom. The number of nitrogens with zero attached hydrogens (tertiary/aromatic N) is 4. The third-order valence-electron chi connectivity index (χ3n) is 13.5. The minimum atomic E-state index is -0.730. The van der Waals surface area contributed by atoms with Crippen LogP contribution < -0.4 is 13.9 Å². The highest BCUT2D eigenvalue weighted by Gasteiger charge is 2.66. The van der Waals surface area contributed by atoms with E-state index in [0.29, 0.717) is 0 Å². The number of pyridine rings is 2. The van der Waals surface area contributed by atoms with Gasteiger partial charge >= 0.3 is 5.66 Å². The van der Waals surface area contributed by atoms with Crippen molar-refractivity contribution in [1.82, 2.24) is 9.13 Å². The first-order valence-corrected chi connectivity index (χ1v) is 19.8. The van der Waals surface area contributed by atoms with Crippen LogP contribution in [0.15, 0.2) is 103 Å². The summed E-state index contributed by atoms with van der Waals surface area (Å²) in [4.78, 5) is 0. The van der Waals surface area contributed by atoms with Crippen molar-refractivity contribution in [1.29, 1.82) is 0 Å². The topological polar surface area (TPSA) is 26.8 Å². The first-order valence-electron chi connectivity index (χ1n) is 19.8. The van der Waals surface area contributed by atoms with Crippen molar-refractivity contribution in [2.45, 2.75) is 89.6 Å². The molecule has 1 spiro atoms. The van der Waals surface area contributed by atoms with Gasteiger partial charge in [0.2, 0.25) is 0 Å². The number of ether oxygens (including phenoxy) is 1. The lowest BCUT2D eigenvalue weighted by Gasteiger charge is -2.44. The Bertz CT molecular complexity index is 2950. The molecule has 4 aromatic carbocycles. The van der Waals surface area contributed by atoms with E-state index in [1.165, 1.54) is 109 Å². The molecule has 8 heterocycles. The molecule has 0 saturated carbocycles. The standard InChI is InChI=1S/C48H44N4O/c1-6-8-24-47(25-9-7-2)34-16-12-15-31-33-20-22-38-41-44(33)52(42(31)34)45-35(47)17-13-26-50(45)48(41)40-37(53-38)21-19-32-30-14-10-11-18-36(30)51(43(32)40)39-28-29(46(3,4)5)23-27-49(39)48/h10-23,26-28H,6-9,24-25H2,1-5H3/q+2. The summed E-state index contributed by atoms with van der Waals surface area (Å²) in [5, 5.41) is 5.19. The zero-order valence-corrected chi connectivity index (χ0v) is 31.3. The summed E-state index contributed by atoms with van der Waals surface area (Å²) in [5.74, 6) is 4.37. The van der Waals surface area contributed by atoms with Gasteiger partial charge in [-0.15, -0.1) is 0 Å². The molecular weight excluding hydrogens is 649 g/mol. The Hall–Kier alpha value is -5.42. The molecule has 4 aliphatic heterocycles. The second kappa shape index (κ2) is 9.76. The number of hydrogen-bond acceptors (Lipinski definition) is 1. The van der Waals surface area contributed by atoms with Gasteiger partial charge in [-0.3, -0.25) is 0 Å². The summed E-state index contributed by atoms with van der Waals surface area (Å²) in [6.45, 7) is 11.7. The smallest absolute Gasteiger partial charge is 0.321 e. The molecule has 8 aromatic rings. The van der Waals surface area contributed by atoms with Crippen LogP contribution in [-0.2, 0) is 16.5 Å². The van der Waals surface area contributed by atoms with Crippen LogP contribution in [0.1, 0.15) is 101 Å². The summed E-state index contributed by atoms with van der Waals surface area (Å²) in [5.41, 5.74) is 11.0. The lowest BCUT2D eigenvalue weighted by Crippen LogP contribution is -2.79. The van der Waals surface area contributed by atoms with Crippen LogP contribution in [0.25, 0.3) is 55.2 Å². The average molecular weight is 693 g/mol. The minimum absolute atomic E-state index is 0.0229. The number of hydrogen-bond donors (Lipinski definition) is 0. The Morgan fingerprint density at radius 2 is 1.28 bits per heavy atom. The minimum Gasteiger partial charge on any atom is -0.456 e. The summed E-state index contributed by atoms with van der Waals surface area (Å²) >= 11 is 0. The summed E-state index contributed by atoms with van der Waals surface area (Å²) in [6, 6.07) is 34.9. The largest absolute Gasteiger partial charge is 0.456 e. The summed E-state index contributed by atoms with van der Waals surface area (Å²) in [6.07, 6.45) is 11.8. The normalized spacial score (nSPS) is 18.0. The first-order chi connectivity index (χ1) is 25.8. The number of rotatable bonds is 6. The molecule has 53 heavy (non-hydrogen) atoms. The molecule has 0 amide bonds. The molecule has 4 aromatic heterocycles. The zero-order valence-electron chi connectivity index (χ0n) is 31.3. The number of fused-ring (bicyclic) bond motifs is 6. The molecule has 0 bridgehead atoms. The third kappa shape index (κ3) is 3.26. The fourth-order valence-corrected chi connectivity index (χ4v) is 11.2. The lowest BCUT2D eigenvalue weighted by atomic mass is 9.66. The molecule has 0 fully saturated rings. The van der Waals surface area contributed by atoms with Gasteiger partial charge in [-0.1, -0.05) is 84.6 Å². The second-order valence-electron chi connectivity index (χ2n) is 17.1. The molecule has 0 N–H and O–H groups in total. The maximum atomic E-state index is 7.15. The predicted molar refractivity (Wildman–Crippen MR) is 212 cm³/mol. The van der Waals surface area contributed by atoms with Crippen LogP contribution in [-0.4, -0.2) is 9.13 Å². The highest BCUT2D eigenvalue weighted by Crippen LogP contribution is 2.60. The SMILES string of the molecule is CCCCC1(CCCC)c2ccc[n+]3c2-n2c4c1cccc4c1ccc4c(c12)C31c2c(ccc3c5ccccc5n(c23)-c2cc(C(C)(C)C)cc[n+]21)O4. The van der Waals surface area contributed by atoms with Gasteiger partial charge in [-0.2, -0.15) is 18.3 Å². The van der Waals surface area contributed by atoms with Gasteiger partial charge in [-0.05, 0) is 84.5 Å². The van der Waals surface area contributed by atoms with Crippen molar-refractivity contribution in [3.05, 3.63) is 131 Å². The van der Waals surface area contributed by atoms with Crippen LogP contribution in [0.2, 0.25) is 0 Å². The van der Waals surface area contributed by atoms with E-state index < -0.39 is 5.66 Å². The lowest BCUT2D eigenvalue weighted by molar-refractivity contribution is -0.968. The van der Waals surface area contributed by atoms with Crippen LogP contribution in [0.5, 0.6) is 11.5 Å². The molecular formula is C48H44N4O+2. The monoisotopic (exact) mass is 692 g/mol. The molecule has 0 aliphatic carbocycles. The van der Waals surface area contributed by atoms with E-state index >= 15 is 0 Å². The number of unbranched alkanes of at least 4 members (excludes halogenated alkanes) is 2. The Balaban J connectivity index is 1.36. The van der Waals surface area contributed by atoms with Crippen LogP contribution in [0.4, 0.5) is 0 Å². The molecule has 1 unspecified atom stereocenters. The van der Waals surface area contributed by atoms with Crippen molar-refractivity contribution in [3.63, 3.8) is 0 Å². The molecule has 1 atom stereocenters. The van der Waals surface area contributed by atoms with Gasteiger partial charge in [0.25, 0.3) is 11.6 Å². The summed E-state index contributed by atoms with van der Waals surface area (Å²) < 4.78 is 17.6. The van der Waals surface area contributed by atoms with Crippen molar-refractivity contribution < 1.29 is 13.9 Å². The maximum absolute atomic E-state index is 7.15. The number of benzene rings is 4. The van der Waals surface area contributed by atoms with E-state index in [2.05, 4.69) is 156 Å². The number of para-hydroxylation sites is 2. The Labute approximate surface area is 309 Å². The van der Waals surface area contributed by atoms with Gasteiger partial charge in [0.05, 0.1) is 18.0 Å². The van der Waals surface area contributed by atoms with Crippen molar-refractivity contribution in [2.24, 2.45) is 0 Å². The third-order valence-corrected chi connectivity index (χ3v) is 13.5. The molecule has 4 aliphatic rings. The molecule has 5 nitrogen and oxygen atoms in total. The molecule has 5 heteroatoms. The Kier molecular flexibility index (Phi) is 5.54. The predicted octanol–water partition coefficient (Wildman–Crippen LogP) is 10.8. The second-order valence-corrected chi connectivity index (χ2v) is 17.1. The van der Waals surface area contributed by atoms with E-state index in [4.69, 9.17) is 4.74 Å². The van der Waals surface area contributed by atoms with Gasteiger partial charge < -0.3 is 4.74 Å². The van der Waals surface area contributed by atoms with Crippen molar-refractivity contribution in [2.75, 3.05) is 0 Å². The van der Waals surface area contributed by atoms with E-state index in [0.717, 1.165) is 24.3 Å². The van der Waals surface area contributed by atoms with Gasteiger partial charge in [0, 0.05) is 38.6 Å². The fraction of sp³-hybridized carbons (Fsp3) is 0.292. The van der Waals surface area contributed by atoms with Gasteiger partial charge in [-0.25, -0.2) is 0 Å². The number of aromatic nitrogens is 4. The first kappa shape index (κ1) is 30.1. The van der Waals surface area contributed by atoms with E-state index in [-0.39, 0.29) is 10.8 Å². The Morgan fingerprint density at radius 1 is 0.623 bits per heavy atom. The van der Waals surface area contributed by atoms with Crippen molar-refractivity contribution in [3.8, 4) is 23.1 Å². The highest BCUT2D eigenvalue weighted by atomic mass is 16.5. The van der Waals surface area contributed by atoms with Crippen molar-refractivity contribution >= 4 is 43.6 Å². The van der Waals surface area contributed by atoms with E-state index in [1.54, 1.807) is 0 Å². The quantitative estimate of drug-likeness (QED) is 0.159. The van der Waals surface area contributed by atoms with Crippen LogP contribution in [0, 0.1) is 0 Å². The van der Waals surface area contributed by atoms with E-state index in [9.17, 15) is 0 Å². The van der Waals surface area contributed by atoms with E-state index in [1.807, 2.05) is 0 Å². The average Bonchev–Trinajstić information content (AvgIpc) is 3.70. The zero-order chi connectivity index (χ0) is 35.6. The fourth-order valence-electron chi connectivity index (χ4n) is 11.2. The highest BCUT2D eigenvalue weighted by molar-refractivity contribution is 6.15. The van der Waals surface area contributed by atoms with Crippen LogP contribution in [0.3, 0.4) is 0 Å². The molecule has 12 rings (SSSR count). The van der Waals surface area contributed by atoms with Crippen LogP contribution >= 0.6 is 0 Å². The van der Waals surface area contributed by atoms with Gasteiger partial charge in [0.15, 0.2) is 11.0 Å². The summed E-state index contributed by atoms with van der Waals surface area (Å²) in [7, 11) is 0. The molecule has 0 radical (unpaired) electrons. The maximum Gasteiger partial charge on any atom is 0.321 e.